The van der Waals surface area contributed by atoms with Gasteiger partial charge in [-0.05, 0) is 104 Å². The van der Waals surface area contributed by atoms with Crippen molar-refractivity contribution in [2.75, 3.05) is 20.8 Å². The van der Waals surface area contributed by atoms with Crippen molar-refractivity contribution in [1.29, 1.82) is 0 Å². The summed E-state index contributed by atoms with van der Waals surface area (Å²) >= 11 is 0. The summed E-state index contributed by atoms with van der Waals surface area (Å²) in [6.45, 7) is 1.44. The Morgan fingerprint density at radius 1 is 0.972 bits per heavy atom. The molecule has 0 aliphatic heterocycles. The van der Waals surface area contributed by atoms with Crippen molar-refractivity contribution in [2.24, 2.45) is 23.2 Å². The molecule has 1 amide bonds. The minimum Gasteiger partial charge on any atom is -0.496 e. The van der Waals surface area contributed by atoms with Crippen LogP contribution in [0.1, 0.15) is 64.8 Å². The van der Waals surface area contributed by atoms with Crippen LogP contribution in [0.2, 0.25) is 0 Å². The fourth-order valence-electron chi connectivity index (χ4n) is 7.66. The first-order valence-corrected chi connectivity index (χ1v) is 13.1. The number of hydrogen-bond donors (Lipinski definition) is 1. The normalized spacial score (nSPS) is 26.2. The summed E-state index contributed by atoms with van der Waals surface area (Å²) in [5.74, 6) is 2.78. The fraction of sp³-hybridized carbons (Fsp3) is 0.467. The topological polar surface area (TPSA) is 69.6 Å². The molecule has 1 heterocycles. The first-order chi connectivity index (χ1) is 17.4. The Morgan fingerprint density at radius 2 is 1.69 bits per heavy atom. The Balaban J connectivity index is 1.15. The van der Waals surface area contributed by atoms with Crippen molar-refractivity contribution in [2.45, 2.75) is 45.1 Å². The fourth-order valence-corrected chi connectivity index (χ4v) is 7.66. The molecular weight excluding hydrogens is 452 g/mol. The van der Waals surface area contributed by atoms with E-state index in [2.05, 4.69) is 9.88 Å². The predicted octanol–water partition coefficient (Wildman–Crippen LogP) is 5.43. The summed E-state index contributed by atoms with van der Waals surface area (Å²) < 4.78 is 12.4. The number of carbonyl (C=O) groups excluding carboxylic acids is 2. The van der Waals surface area contributed by atoms with Gasteiger partial charge in [0.05, 0.1) is 14.2 Å². The average molecular weight is 487 g/mol. The minimum absolute atomic E-state index is 0.0310. The van der Waals surface area contributed by atoms with Crippen LogP contribution in [0.5, 0.6) is 5.75 Å². The zero-order valence-corrected chi connectivity index (χ0v) is 21.1. The van der Waals surface area contributed by atoms with Gasteiger partial charge in [-0.1, -0.05) is 6.07 Å². The van der Waals surface area contributed by atoms with Gasteiger partial charge in [-0.2, -0.15) is 0 Å². The van der Waals surface area contributed by atoms with Gasteiger partial charge < -0.3 is 19.4 Å². The number of methoxy groups -OCH3 is 2. The summed E-state index contributed by atoms with van der Waals surface area (Å²) in [6, 6.07) is 13.5. The third-order valence-corrected chi connectivity index (χ3v) is 8.85. The molecule has 36 heavy (non-hydrogen) atoms. The Bertz CT molecular complexity index is 1290. The second-order valence-electron chi connectivity index (χ2n) is 11.3. The molecule has 188 valence electrons. The lowest BCUT2D eigenvalue weighted by atomic mass is 9.49. The first kappa shape index (κ1) is 23.1. The largest absolute Gasteiger partial charge is 0.496 e. The van der Waals surface area contributed by atoms with Crippen LogP contribution in [0, 0.1) is 23.2 Å². The van der Waals surface area contributed by atoms with Crippen molar-refractivity contribution in [3.05, 3.63) is 65.4 Å². The van der Waals surface area contributed by atoms with E-state index in [1.165, 1.54) is 45.6 Å². The number of nitrogens with one attached hydrogen (secondary N) is 1. The van der Waals surface area contributed by atoms with E-state index in [9.17, 15) is 9.59 Å². The van der Waals surface area contributed by atoms with Gasteiger partial charge in [-0.25, -0.2) is 4.79 Å². The third-order valence-electron chi connectivity index (χ3n) is 8.85. The second-order valence-corrected chi connectivity index (χ2v) is 11.3. The molecule has 3 aromatic rings. The standard InChI is InChI=1S/C30H34N2O4/c1-35-27-12-19(3-5-25(27)29(34)36-2)17-32-8-7-23-13-24(4-6-26(23)32)28(33)31-18-30-14-20-9-21(15-30)11-22(10-20)16-30/h3-8,12-13,20-22H,9-11,14-18H2,1-2H3,(H,31,33). The van der Waals surface area contributed by atoms with Crippen molar-refractivity contribution in [3.63, 3.8) is 0 Å². The maximum absolute atomic E-state index is 13.1. The molecule has 0 atom stereocenters. The molecule has 0 spiro atoms. The molecule has 0 unspecified atom stereocenters. The molecule has 4 fully saturated rings. The van der Waals surface area contributed by atoms with Crippen LogP contribution in [0.3, 0.4) is 0 Å². The molecule has 1 N–H and O–H groups in total. The number of benzene rings is 2. The van der Waals surface area contributed by atoms with Gasteiger partial charge in [0.2, 0.25) is 0 Å². The summed E-state index contributed by atoms with van der Waals surface area (Å²) in [4.78, 5) is 25.0. The highest BCUT2D eigenvalue weighted by atomic mass is 16.5. The molecule has 4 aliphatic carbocycles. The monoisotopic (exact) mass is 486 g/mol. The highest BCUT2D eigenvalue weighted by Gasteiger charge is 2.50. The average Bonchev–Trinajstić information content (AvgIpc) is 3.27. The van der Waals surface area contributed by atoms with Crippen LogP contribution >= 0.6 is 0 Å². The van der Waals surface area contributed by atoms with Crippen molar-refractivity contribution < 1.29 is 19.1 Å². The SMILES string of the molecule is COC(=O)c1ccc(Cn2ccc3cc(C(=O)NCC45CC6CC(CC(C6)C4)C5)ccc32)cc1OC. The number of esters is 1. The van der Waals surface area contributed by atoms with E-state index < -0.39 is 5.97 Å². The Morgan fingerprint density at radius 3 is 2.36 bits per heavy atom. The number of aromatic nitrogens is 1. The van der Waals surface area contributed by atoms with Crippen molar-refractivity contribution in [3.8, 4) is 5.75 Å². The Kier molecular flexibility index (Phi) is 5.78. The van der Waals surface area contributed by atoms with E-state index >= 15 is 0 Å². The lowest BCUT2D eigenvalue weighted by molar-refractivity contribution is -0.0503. The lowest BCUT2D eigenvalue weighted by Crippen LogP contribution is -2.51. The second kappa shape index (κ2) is 8.99. The van der Waals surface area contributed by atoms with E-state index in [-0.39, 0.29) is 5.91 Å². The van der Waals surface area contributed by atoms with Gasteiger partial charge >= 0.3 is 5.97 Å². The summed E-state index contributed by atoms with van der Waals surface area (Å²) in [5, 5.41) is 4.34. The highest BCUT2D eigenvalue weighted by Crippen LogP contribution is 2.59. The van der Waals surface area contributed by atoms with Gasteiger partial charge in [0, 0.05) is 35.8 Å². The summed E-state index contributed by atoms with van der Waals surface area (Å²) in [5.41, 5.74) is 3.53. The molecule has 0 radical (unpaired) electrons. The zero-order valence-electron chi connectivity index (χ0n) is 21.1. The first-order valence-electron chi connectivity index (χ1n) is 13.1. The van der Waals surface area contributed by atoms with E-state index in [1.807, 2.05) is 42.6 Å². The van der Waals surface area contributed by atoms with Crippen LogP contribution in [-0.4, -0.2) is 37.2 Å². The van der Waals surface area contributed by atoms with Crippen LogP contribution in [0.4, 0.5) is 0 Å². The number of hydrogen-bond acceptors (Lipinski definition) is 4. The van der Waals surface area contributed by atoms with Crippen LogP contribution in [-0.2, 0) is 11.3 Å². The molecule has 4 bridgehead atoms. The van der Waals surface area contributed by atoms with Crippen LogP contribution in [0.15, 0.2) is 48.7 Å². The number of rotatable bonds is 7. The molecule has 2 aromatic carbocycles. The number of amides is 1. The van der Waals surface area contributed by atoms with Gasteiger partial charge in [0.1, 0.15) is 11.3 Å². The minimum atomic E-state index is -0.418. The number of fused-ring (bicyclic) bond motifs is 1. The van der Waals surface area contributed by atoms with E-state index in [4.69, 9.17) is 9.47 Å². The van der Waals surface area contributed by atoms with Crippen molar-refractivity contribution >= 4 is 22.8 Å². The van der Waals surface area contributed by atoms with Crippen molar-refractivity contribution in [1.82, 2.24) is 9.88 Å². The molecule has 6 heteroatoms. The highest BCUT2D eigenvalue weighted by molar-refractivity contribution is 5.98. The molecule has 4 aliphatic rings. The van der Waals surface area contributed by atoms with Gasteiger partial charge in [0.15, 0.2) is 0 Å². The van der Waals surface area contributed by atoms with Gasteiger partial charge in [0.25, 0.3) is 5.91 Å². The molecule has 7 rings (SSSR count). The van der Waals surface area contributed by atoms with Crippen LogP contribution < -0.4 is 10.1 Å². The number of nitrogens with zero attached hydrogens (tertiary/aromatic N) is 1. The number of carbonyl (C=O) groups is 2. The molecular formula is C30H34N2O4. The lowest BCUT2D eigenvalue weighted by Gasteiger charge is -2.56. The Hall–Kier alpha value is -3.28. The smallest absolute Gasteiger partial charge is 0.341 e. The third kappa shape index (κ3) is 4.16. The van der Waals surface area contributed by atoms with E-state index in [1.54, 1.807) is 13.2 Å². The summed E-state index contributed by atoms with van der Waals surface area (Å²) in [6.07, 6.45) is 10.2. The maximum Gasteiger partial charge on any atom is 0.341 e. The van der Waals surface area contributed by atoms with Crippen LogP contribution in [0.25, 0.3) is 10.9 Å². The predicted molar refractivity (Wildman–Crippen MR) is 138 cm³/mol. The molecule has 0 saturated heterocycles. The number of ether oxygens (including phenoxy) is 2. The molecule has 4 saturated carbocycles. The molecule has 6 nitrogen and oxygen atoms in total. The maximum atomic E-state index is 13.1. The van der Waals surface area contributed by atoms with E-state index in [0.29, 0.717) is 28.8 Å². The Labute approximate surface area is 212 Å². The molecule has 1 aromatic heterocycles. The van der Waals surface area contributed by atoms with Gasteiger partial charge in [-0.15, -0.1) is 0 Å². The zero-order chi connectivity index (χ0) is 24.9. The summed E-state index contributed by atoms with van der Waals surface area (Å²) in [7, 11) is 2.91. The van der Waals surface area contributed by atoms with Gasteiger partial charge in [-0.3, -0.25) is 4.79 Å². The van der Waals surface area contributed by atoms with E-state index in [0.717, 1.165) is 40.8 Å². The quantitative estimate of drug-likeness (QED) is 0.452.